The number of hydrogen-bond donors (Lipinski definition) is 0. The summed E-state index contributed by atoms with van der Waals surface area (Å²) >= 11 is 0. The lowest BCUT2D eigenvalue weighted by Gasteiger charge is -2.35. The lowest BCUT2D eigenvalue weighted by molar-refractivity contribution is 0.0746. The van der Waals surface area contributed by atoms with E-state index >= 15 is 0 Å². The Morgan fingerprint density at radius 2 is 1.59 bits per heavy atom. The van der Waals surface area contributed by atoms with Crippen LogP contribution in [0.5, 0.6) is 0 Å². The van der Waals surface area contributed by atoms with Crippen molar-refractivity contribution in [2.45, 2.75) is 0 Å². The first kappa shape index (κ1) is 17.3. The number of amides is 1. The van der Waals surface area contributed by atoms with Gasteiger partial charge in [-0.3, -0.25) is 9.78 Å². The van der Waals surface area contributed by atoms with Crippen molar-refractivity contribution in [3.8, 4) is 0 Å². The molecule has 0 radical (unpaired) electrons. The van der Waals surface area contributed by atoms with Crippen LogP contribution >= 0.6 is 0 Å². The number of hydrogen-bond acceptors (Lipinski definition) is 5. The maximum atomic E-state index is 12.8. The minimum Gasteiger partial charge on any atom is -0.378 e. The summed E-state index contributed by atoms with van der Waals surface area (Å²) < 4.78 is 0. The summed E-state index contributed by atoms with van der Waals surface area (Å²) in [5, 5.41) is 0. The van der Waals surface area contributed by atoms with Crippen LogP contribution in [0.4, 0.5) is 11.5 Å². The van der Waals surface area contributed by atoms with Gasteiger partial charge >= 0.3 is 0 Å². The maximum absolute atomic E-state index is 12.8. The number of aromatic nitrogens is 2. The first-order valence-corrected chi connectivity index (χ1v) is 9.15. The normalized spacial score (nSPS) is 14.4. The molecule has 1 saturated heterocycles. The molecule has 1 aliphatic heterocycles. The summed E-state index contributed by atoms with van der Waals surface area (Å²) in [6.07, 6.45) is 1.82. The van der Waals surface area contributed by atoms with E-state index in [1.165, 1.54) is 0 Å². The quantitative estimate of drug-likeness (QED) is 0.718. The SMILES string of the molecule is CN(C)c1ccc(C(=O)N2CCN(c3cnc4ccccc4n3)CC2)cc1. The molecule has 0 spiro atoms. The zero-order valence-electron chi connectivity index (χ0n) is 15.7. The molecule has 1 fully saturated rings. The van der Waals surface area contributed by atoms with Crippen LogP contribution < -0.4 is 9.80 Å². The van der Waals surface area contributed by atoms with Crippen molar-refractivity contribution in [3.63, 3.8) is 0 Å². The summed E-state index contributed by atoms with van der Waals surface area (Å²) in [5.41, 5.74) is 3.62. The minimum absolute atomic E-state index is 0.0875. The number of carbonyl (C=O) groups is 1. The van der Waals surface area contributed by atoms with Gasteiger partial charge in [0.15, 0.2) is 0 Å². The van der Waals surface area contributed by atoms with Crippen LogP contribution in [0.25, 0.3) is 11.0 Å². The van der Waals surface area contributed by atoms with Gasteiger partial charge in [-0.1, -0.05) is 12.1 Å². The van der Waals surface area contributed by atoms with Crippen molar-refractivity contribution in [1.29, 1.82) is 0 Å². The van der Waals surface area contributed by atoms with Crippen LogP contribution in [0.2, 0.25) is 0 Å². The van der Waals surface area contributed by atoms with E-state index in [2.05, 4.69) is 9.88 Å². The monoisotopic (exact) mass is 361 g/mol. The highest BCUT2D eigenvalue weighted by atomic mass is 16.2. The van der Waals surface area contributed by atoms with E-state index in [0.29, 0.717) is 13.1 Å². The first-order chi connectivity index (χ1) is 13.1. The molecular weight excluding hydrogens is 338 g/mol. The molecule has 0 saturated carbocycles. The lowest BCUT2D eigenvalue weighted by Crippen LogP contribution is -2.49. The second kappa shape index (κ2) is 7.23. The molecule has 1 aromatic heterocycles. The number of rotatable bonds is 3. The highest BCUT2D eigenvalue weighted by Crippen LogP contribution is 2.19. The van der Waals surface area contributed by atoms with E-state index in [-0.39, 0.29) is 5.91 Å². The number of benzene rings is 2. The molecular formula is C21H23N5O. The van der Waals surface area contributed by atoms with Crippen molar-refractivity contribution < 1.29 is 4.79 Å². The van der Waals surface area contributed by atoms with Crippen LogP contribution in [0.15, 0.2) is 54.7 Å². The molecule has 6 nitrogen and oxygen atoms in total. The Morgan fingerprint density at radius 1 is 0.926 bits per heavy atom. The fourth-order valence-electron chi connectivity index (χ4n) is 3.32. The number of piperazine rings is 1. The molecule has 2 heterocycles. The molecule has 1 amide bonds. The van der Waals surface area contributed by atoms with E-state index in [0.717, 1.165) is 41.2 Å². The van der Waals surface area contributed by atoms with E-state index in [4.69, 9.17) is 4.98 Å². The Hall–Kier alpha value is -3.15. The number of nitrogens with zero attached hydrogens (tertiary/aromatic N) is 5. The van der Waals surface area contributed by atoms with E-state index in [1.54, 1.807) is 0 Å². The van der Waals surface area contributed by atoms with Crippen molar-refractivity contribution in [2.24, 2.45) is 0 Å². The van der Waals surface area contributed by atoms with E-state index < -0.39 is 0 Å². The number of para-hydroxylation sites is 2. The molecule has 0 N–H and O–H groups in total. The minimum atomic E-state index is 0.0875. The summed E-state index contributed by atoms with van der Waals surface area (Å²) in [4.78, 5) is 28.1. The third-order valence-corrected chi connectivity index (χ3v) is 4.96. The summed E-state index contributed by atoms with van der Waals surface area (Å²) in [6.45, 7) is 2.88. The molecule has 0 atom stereocenters. The molecule has 138 valence electrons. The highest BCUT2D eigenvalue weighted by Gasteiger charge is 2.23. The first-order valence-electron chi connectivity index (χ1n) is 9.15. The Bertz CT molecular complexity index is 946. The Labute approximate surface area is 159 Å². The topological polar surface area (TPSA) is 52.6 Å². The van der Waals surface area contributed by atoms with Crippen LogP contribution in [-0.2, 0) is 0 Å². The van der Waals surface area contributed by atoms with Gasteiger partial charge in [0.1, 0.15) is 5.82 Å². The van der Waals surface area contributed by atoms with Gasteiger partial charge in [-0.2, -0.15) is 0 Å². The van der Waals surface area contributed by atoms with Gasteiger partial charge in [-0.25, -0.2) is 4.98 Å². The zero-order chi connectivity index (χ0) is 18.8. The molecule has 0 bridgehead atoms. The molecule has 6 heteroatoms. The summed E-state index contributed by atoms with van der Waals surface area (Å²) in [6, 6.07) is 15.6. The van der Waals surface area contributed by atoms with Gasteiger partial charge in [-0.15, -0.1) is 0 Å². The fraction of sp³-hybridized carbons (Fsp3) is 0.286. The lowest BCUT2D eigenvalue weighted by atomic mass is 10.1. The van der Waals surface area contributed by atoms with E-state index in [9.17, 15) is 4.79 Å². The van der Waals surface area contributed by atoms with Crippen LogP contribution in [0.1, 0.15) is 10.4 Å². The smallest absolute Gasteiger partial charge is 0.253 e. The second-order valence-electron chi connectivity index (χ2n) is 6.94. The molecule has 27 heavy (non-hydrogen) atoms. The van der Waals surface area contributed by atoms with Crippen LogP contribution in [0, 0.1) is 0 Å². The van der Waals surface area contributed by atoms with Crippen molar-refractivity contribution in [3.05, 3.63) is 60.3 Å². The molecule has 2 aromatic carbocycles. The number of anilines is 2. The van der Waals surface area contributed by atoms with Gasteiger partial charge in [0, 0.05) is 51.5 Å². The Morgan fingerprint density at radius 3 is 2.26 bits per heavy atom. The Kier molecular flexibility index (Phi) is 4.62. The van der Waals surface area contributed by atoms with Crippen molar-refractivity contribution in [1.82, 2.24) is 14.9 Å². The summed E-state index contributed by atoms with van der Waals surface area (Å²) in [7, 11) is 3.98. The molecule has 0 unspecified atom stereocenters. The molecule has 3 aromatic rings. The second-order valence-corrected chi connectivity index (χ2v) is 6.94. The third-order valence-electron chi connectivity index (χ3n) is 4.96. The highest BCUT2D eigenvalue weighted by molar-refractivity contribution is 5.94. The third kappa shape index (κ3) is 3.56. The van der Waals surface area contributed by atoms with Crippen molar-refractivity contribution >= 4 is 28.4 Å². The van der Waals surface area contributed by atoms with Gasteiger partial charge < -0.3 is 14.7 Å². The van der Waals surface area contributed by atoms with Crippen LogP contribution in [0.3, 0.4) is 0 Å². The standard InChI is InChI=1S/C21H23N5O/c1-24(2)17-9-7-16(8-10-17)21(27)26-13-11-25(12-14-26)20-15-22-18-5-3-4-6-19(18)23-20/h3-10,15H,11-14H2,1-2H3. The molecule has 4 rings (SSSR count). The average molecular weight is 361 g/mol. The van der Waals surface area contributed by atoms with Gasteiger partial charge in [0.25, 0.3) is 5.91 Å². The Balaban J connectivity index is 1.42. The largest absolute Gasteiger partial charge is 0.378 e. The van der Waals surface area contributed by atoms with E-state index in [1.807, 2.05) is 78.6 Å². The van der Waals surface area contributed by atoms with Gasteiger partial charge in [0.2, 0.25) is 0 Å². The van der Waals surface area contributed by atoms with Gasteiger partial charge in [0.05, 0.1) is 17.2 Å². The summed E-state index contributed by atoms with van der Waals surface area (Å²) in [5.74, 6) is 0.959. The average Bonchev–Trinajstić information content (AvgIpc) is 2.73. The maximum Gasteiger partial charge on any atom is 0.253 e. The molecule has 0 aliphatic carbocycles. The predicted octanol–water partition coefficient (Wildman–Crippen LogP) is 2.66. The number of carbonyl (C=O) groups excluding carboxylic acids is 1. The van der Waals surface area contributed by atoms with Gasteiger partial charge in [-0.05, 0) is 36.4 Å². The molecule has 1 aliphatic rings. The van der Waals surface area contributed by atoms with Crippen LogP contribution in [-0.4, -0.2) is 61.0 Å². The zero-order valence-corrected chi connectivity index (χ0v) is 15.7. The number of fused-ring (bicyclic) bond motifs is 1. The fourth-order valence-corrected chi connectivity index (χ4v) is 3.32. The predicted molar refractivity (Wildman–Crippen MR) is 108 cm³/mol. The van der Waals surface area contributed by atoms with Crippen molar-refractivity contribution in [2.75, 3.05) is 50.1 Å².